The highest BCUT2D eigenvalue weighted by molar-refractivity contribution is 7.13. The van der Waals surface area contributed by atoms with Gasteiger partial charge in [0.05, 0.1) is 5.69 Å². The van der Waals surface area contributed by atoms with Crippen LogP contribution in [0.1, 0.15) is 28.9 Å². The zero-order chi connectivity index (χ0) is 21.9. The predicted molar refractivity (Wildman–Crippen MR) is 127 cm³/mol. The van der Waals surface area contributed by atoms with E-state index in [1.54, 1.807) is 16.2 Å². The van der Waals surface area contributed by atoms with E-state index >= 15 is 0 Å². The molecule has 0 N–H and O–H groups in total. The van der Waals surface area contributed by atoms with E-state index in [1.807, 2.05) is 47.4 Å². The fourth-order valence-electron chi connectivity index (χ4n) is 4.34. The zero-order valence-electron chi connectivity index (χ0n) is 17.9. The first-order valence-electron chi connectivity index (χ1n) is 11.1. The van der Waals surface area contributed by atoms with Crippen molar-refractivity contribution >= 4 is 28.8 Å². The summed E-state index contributed by atoms with van der Waals surface area (Å²) in [5.74, 6) is 0.179. The largest absolute Gasteiger partial charge is 0.336 e. The lowest BCUT2D eigenvalue weighted by atomic mass is 10.1. The van der Waals surface area contributed by atoms with Gasteiger partial charge in [-0.2, -0.15) is 0 Å². The van der Waals surface area contributed by atoms with E-state index in [0.29, 0.717) is 25.1 Å². The summed E-state index contributed by atoms with van der Waals surface area (Å²) in [6.07, 6.45) is 1.47. The summed E-state index contributed by atoms with van der Waals surface area (Å²) in [5, 5.41) is 3.18. The van der Waals surface area contributed by atoms with Gasteiger partial charge in [-0.1, -0.05) is 36.4 Å². The third-order valence-electron chi connectivity index (χ3n) is 6.10. The molecule has 164 valence electrons. The summed E-state index contributed by atoms with van der Waals surface area (Å²) in [7, 11) is 0. The molecule has 0 radical (unpaired) electrons. The number of hydrogen-bond donors (Lipinski definition) is 0. The smallest absolute Gasteiger partial charge is 0.254 e. The summed E-state index contributed by atoms with van der Waals surface area (Å²) in [6, 6.07) is 17.7. The van der Waals surface area contributed by atoms with Crippen molar-refractivity contribution in [2.45, 2.75) is 19.4 Å². The second-order valence-corrected chi connectivity index (χ2v) is 9.14. The molecule has 2 aromatic carbocycles. The molecule has 6 nitrogen and oxygen atoms in total. The standard InChI is InChI=1S/C25H26N4O2S/c30-23-10-5-11-29(23)22-9-4-8-20(16-22)25(31)28-14-12-27(13-15-28)17-21-18-32-24(26-21)19-6-2-1-3-7-19/h1-4,6-9,16,18H,5,10-15,17H2. The highest BCUT2D eigenvalue weighted by atomic mass is 32.1. The minimum Gasteiger partial charge on any atom is -0.336 e. The van der Waals surface area contributed by atoms with Crippen molar-refractivity contribution in [1.82, 2.24) is 14.8 Å². The van der Waals surface area contributed by atoms with E-state index in [4.69, 9.17) is 4.98 Å². The van der Waals surface area contributed by atoms with E-state index in [1.165, 1.54) is 0 Å². The van der Waals surface area contributed by atoms with Crippen LogP contribution in [0.25, 0.3) is 10.6 Å². The van der Waals surface area contributed by atoms with E-state index in [9.17, 15) is 9.59 Å². The van der Waals surface area contributed by atoms with Crippen LogP contribution in [-0.4, -0.2) is 59.3 Å². The number of benzene rings is 2. The first kappa shape index (κ1) is 20.8. The molecule has 0 bridgehead atoms. The molecule has 1 aromatic heterocycles. The minimum absolute atomic E-state index is 0.0400. The number of carbonyl (C=O) groups excluding carboxylic acids is 2. The molecule has 0 aliphatic carbocycles. The molecule has 2 aliphatic rings. The van der Waals surface area contributed by atoms with Gasteiger partial charge in [-0.25, -0.2) is 4.98 Å². The Morgan fingerprint density at radius 1 is 0.969 bits per heavy atom. The first-order chi connectivity index (χ1) is 15.7. The van der Waals surface area contributed by atoms with E-state index in [-0.39, 0.29) is 11.8 Å². The predicted octanol–water partition coefficient (Wildman–Crippen LogP) is 3.89. The van der Waals surface area contributed by atoms with Crippen LogP contribution >= 0.6 is 11.3 Å². The Hall–Kier alpha value is -3.03. The molecule has 2 amide bonds. The fourth-order valence-corrected chi connectivity index (χ4v) is 5.16. The van der Waals surface area contributed by atoms with Gasteiger partial charge in [0.2, 0.25) is 5.91 Å². The Balaban J connectivity index is 1.18. The number of nitrogens with zero attached hydrogens (tertiary/aromatic N) is 4. The van der Waals surface area contributed by atoms with Gasteiger partial charge < -0.3 is 9.80 Å². The summed E-state index contributed by atoms with van der Waals surface area (Å²) in [6.45, 7) is 4.58. The summed E-state index contributed by atoms with van der Waals surface area (Å²) < 4.78 is 0. The van der Waals surface area contributed by atoms with E-state index in [2.05, 4.69) is 22.4 Å². The van der Waals surface area contributed by atoms with Gasteiger partial charge >= 0.3 is 0 Å². The molecule has 0 spiro atoms. The third kappa shape index (κ3) is 4.45. The normalized spacial score (nSPS) is 17.2. The Kier molecular flexibility index (Phi) is 6.01. The number of amides is 2. The lowest BCUT2D eigenvalue weighted by Crippen LogP contribution is -2.48. The van der Waals surface area contributed by atoms with Crippen LogP contribution in [0.4, 0.5) is 5.69 Å². The van der Waals surface area contributed by atoms with Gasteiger partial charge in [-0.05, 0) is 24.6 Å². The molecule has 2 fully saturated rings. The maximum atomic E-state index is 13.1. The highest BCUT2D eigenvalue weighted by Crippen LogP contribution is 2.25. The van der Waals surface area contributed by atoms with Crippen LogP contribution in [0.3, 0.4) is 0 Å². The minimum atomic E-state index is 0.0400. The maximum Gasteiger partial charge on any atom is 0.254 e. The Labute approximate surface area is 192 Å². The topological polar surface area (TPSA) is 56.8 Å². The molecule has 3 heterocycles. The maximum absolute atomic E-state index is 13.1. The monoisotopic (exact) mass is 446 g/mol. The zero-order valence-corrected chi connectivity index (χ0v) is 18.8. The van der Waals surface area contributed by atoms with E-state index < -0.39 is 0 Å². The quantitative estimate of drug-likeness (QED) is 0.597. The average molecular weight is 447 g/mol. The second kappa shape index (κ2) is 9.22. The molecule has 5 rings (SSSR count). The fraction of sp³-hybridized carbons (Fsp3) is 0.320. The lowest BCUT2D eigenvalue weighted by molar-refractivity contribution is -0.117. The number of carbonyl (C=O) groups is 2. The van der Waals surface area contributed by atoms with Crippen molar-refractivity contribution < 1.29 is 9.59 Å². The SMILES string of the molecule is O=C(c1cccc(N2CCCC2=O)c1)N1CCN(Cc2csc(-c3ccccc3)n2)CC1. The summed E-state index contributed by atoms with van der Waals surface area (Å²) in [4.78, 5) is 36.0. The highest BCUT2D eigenvalue weighted by Gasteiger charge is 2.25. The van der Waals surface area contributed by atoms with Gasteiger partial charge in [-0.3, -0.25) is 14.5 Å². The van der Waals surface area contributed by atoms with Crippen LogP contribution < -0.4 is 4.90 Å². The number of piperazine rings is 1. The number of aromatic nitrogens is 1. The first-order valence-corrected chi connectivity index (χ1v) is 12.0. The molecule has 2 aliphatic heterocycles. The molecular weight excluding hydrogens is 420 g/mol. The Morgan fingerprint density at radius 2 is 1.78 bits per heavy atom. The van der Waals surface area contributed by atoms with Crippen LogP contribution in [-0.2, 0) is 11.3 Å². The number of anilines is 1. The second-order valence-electron chi connectivity index (χ2n) is 8.28. The van der Waals surface area contributed by atoms with Crippen molar-refractivity contribution in [3.63, 3.8) is 0 Å². The molecule has 2 saturated heterocycles. The molecule has 0 unspecified atom stereocenters. The van der Waals surface area contributed by atoms with Crippen LogP contribution in [0.15, 0.2) is 60.0 Å². The lowest BCUT2D eigenvalue weighted by Gasteiger charge is -2.34. The average Bonchev–Trinajstić information content (AvgIpc) is 3.49. The Morgan fingerprint density at radius 3 is 2.53 bits per heavy atom. The molecule has 3 aromatic rings. The van der Waals surface area contributed by atoms with Crippen molar-refractivity contribution in [2.75, 3.05) is 37.6 Å². The van der Waals surface area contributed by atoms with Crippen LogP contribution in [0, 0.1) is 0 Å². The van der Waals surface area contributed by atoms with Gasteiger partial charge in [0.25, 0.3) is 5.91 Å². The van der Waals surface area contributed by atoms with Crippen molar-refractivity contribution in [3.8, 4) is 10.6 Å². The molecule has 32 heavy (non-hydrogen) atoms. The van der Waals surface area contributed by atoms with Crippen LogP contribution in [0.5, 0.6) is 0 Å². The summed E-state index contributed by atoms with van der Waals surface area (Å²) >= 11 is 1.68. The van der Waals surface area contributed by atoms with Crippen molar-refractivity contribution in [1.29, 1.82) is 0 Å². The molecule has 0 atom stereocenters. The van der Waals surface area contributed by atoms with Gasteiger partial charge in [0.1, 0.15) is 5.01 Å². The third-order valence-corrected chi connectivity index (χ3v) is 7.04. The molecule has 7 heteroatoms. The van der Waals surface area contributed by atoms with Gasteiger partial charge in [0.15, 0.2) is 0 Å². The van der Waals surface area contributed by atoms with Crippen molar-refractivity contribution in [3.05, 3.63) is 71.2 Å². The molecule has 0 saturated carbocycles. The van der Waals surface area contributed by atoms with E-state index in [0.717, 1.165) is 54.6 Å². The van der Waals surface area contributed by atoms with Gasteiger partial charge in [-0.15, -0.1) is 11.3 Å². The number of hydrogen-bond acceptors (Lipinski definition) is 5. The van der Waals surface area contributed by atoms with Gasteiger partial charge in [0, 0.05) is 67.9 Å². The molecular formula is C25H26N4O2S. The summed E-state index contributed by atoms with van der Waals surface area (Å²) in [5.41, 5.74) is 3.71. The van der Waals surface area contributed by atoms with Crippen molar-refractivity contribution in [2.24, 2.45) is 0 Å². The number of thiazole rings is 1. The van der Waals surface area contributed by atoms with Crippen LogP contribution in [0.2, 0.25) is 0 Å². The Bertz CT molecular complexity index is 1110. The number of rotatable bonds is 5.